The van der Waals surface area contributed by atoms with Crippen molar-refractivity contribution in [2.45, 2.75) is 0 Å². The fraction of sp³-hybridized carbons (Fsp3) is 0. The predicted octanol–water partition coefficient (Wildman–Crippen LogP) is 25.1. The first-order chi connectivity index (χ1) is 53.1. The molecule has 0 radical (unpaired) electrons. The molecule has 9 aromatic heterocycles. The van der Waals surface area contributed by atoms with Gasteiger partial charge in [0.25, 0.3) is 0 Å². The molecule has 26 aromatic rings. The molecule has 0 atom stereocenters. The molecule has 9 nitrogen and oxygen atoms in total. The van der Waals surface area contributed by atoms with E-state index in [1.54, 1.807) is 0 Å². The number of hydrogen-bond donors (Lipinski definition) is 0. The fourth-order valence-electron chi connectivity index (χ4n) is 19.5. The van der Waals surface area contributed by atoms with Gasteiger partial charge in [0.05, 0.1) is 82.9 Å². The average Bonchev–Trinajstić information content (AvgIpc) is 1.52. The van der Waals surface area contributed by atoms with E-state index in [4.69, 9.17) is 19.9 Å². The molecule has 0 amide bonds. The quantitative estimate of drug-likeness (QED) is 0.161. The molecule has 0 bridgehead atoms. The Morgan fingerprint density at radius 1 is 0.196 bits per heavy atom. The van der Waals surface area contributed by atoms with Gasteiger partial charge < -0.3 is 8.80 Å². The Bertz CT molecular complexity index is 8480. The topological polar surface area (TPSA) is 75.2 Å². The zero-order valence-electron chi connectivity index (χ0n) is 57.1. The van der Waals surface area contributed by atoms with Crippen molar-refractivity contribution in [2.24, 2.45) is 0 Å². The minimum Gasteiger partial charge on any atom is -0.308 e. The van der Waals surface area contributed by atoms with Gasteiger partial charge in [-0.05, 0) is 151 Å². The summed E-state index contributed by atoms with van der Waals surface area (Å²) in [7, 11) is 0. The number of benzene rings is 17. The van der Waals surface area contributed by atoms with Crippen LogP contribution in [0.1, 0.15) is 0 Å². The Balaban J connectivity index is 0.664. The Morgan fingerprint density at radius 3 is 1.20 bits per heavy atom. The van der Waals surface area contributed by atoms with Gasteiger partial charge in [0, 0.05) is 91.7 Å². The van der Waals surface area contributed by atoms with E-state index in [0.717, 1.165) is 121 Å². The molecule has 490 valence electrons. The van der Waals surface area contributed by atoms with Crippen molar-refractivity contribution >= 4 is 207 Å². The number of para-hydroxylation sites is 8. The summed E-state index contributed by atoms with van der Waals surface area (Å²) in [5.41, 5.74) is 19.6. The summed E-state index contributed by atoms with van der Waals surface area (Å²) in [5.74, 6) is 2.10. The van der Waals surface area contributed by atoms with Gasteiger partial charge in [-0.25, -0.2) is 15.0 Å². The van der Waals surface area contributed by atoms with Crippen molar-refractivity contribution in [1.29, 1.82) is 0 Å². The van der Waals surface area contributed by atoms with Crippen molar-refractivity contribution in [3.63, 3.8) is 0 Å². The Kier molecular flexibility index (Phi) is 10.6. The Hall–Kier alpha value is -14.5. The van der Waals surface area contributed by atoms with Crippen molar-refractivity contribution in [3.8, 4) is 40.1 Å². The maximum absolute atomic E-state index is 5.89. The van der Waals surface area contributed by atoms with Crippen LogP contribution in [0.4, 0.5) is 0 Å². The zero-order valence-corrected chi connectivity index (χ0v) is 57.1. The highest BCUT2D eigenvalue weighted by Crippen LogP contribution is 2.52. The fourth-order valence-corrected chi connectivity index (χ4v) is 19.5. The van der Waals surface area contributed by atoms with Crippen LogP contribution in [0, 0.1) is 0 Å². The van der Waals surface area contributed by atoms with Crippen LogP contribution in [0.2, 0.25) is 0 Å². The lowest BCUT2D eigenvalue weighted by atomic mass is 9.91. The number of fused-ring (bicyclic) bond motifs is 32. The van der Waals surface area contributed by atoms with E-state index in [2.05, 4.69) is 344 Å². The number of hydrogen-bond acceptors (Lipinski definition) is 4. The van der Waals surface area contributed by atoms with Crippen LogP contribution in [0.15, 0.2) is 322 Å². The highest BCUT2D eigenvalue weighted by atomic mass is 15.2. The first-order valence-corrected chi connectivity index (χ1v) is 36.7. The molecule has 0 spiro atoms. The van der Waals surface area contributed by atoms with Gasteiger partial charge in [-0.3, -0.25) is 13.7 Å². The summed E-state index contributed by atoms with van der Waals surface area (Å²) >= 11 is 0. The molecule has 0 unspecified atom stereocenters. The summed E-state index contributed by atoms with van der Waals surface area (Å²) in [6.45, 7) is 0. The maximum atomic E-state index is 5.89. The van der Waals surface area contributed by atoms with Gasteiger partial charge in [-0.2, -0.15) is 4.98 Å². The average molecular weight is 1360 g/mol. The number of nitrogens with zero attached hydrogens (tertiary/aromatic N) is 9. The zero-order chi connectivity index (χ0) is 69.2. The molecule has 9 heterocycles. The number of aromatic nitrogens is 9. The largest absolute Gasteiger partial charge is 0.308 e. The van der Waals surface area contributed by atoms with Crippen LogP contribution in [0.25, 0.3) is 247 Å². The summed E-state index contributed by atoms with van der Waals surface area (Å²) in [4.78, 5) is 22.8. The van der Waals surface area contributed by atoms with Gasteiger partial charge in [-0.15, -0.1) is 0 Å². The highest BCUT2D eigenvalue weighted by molar-refractivity contribution is 6.39. The van der Waals surface area contributed by atoms with Crippen molar-refractivity contribution in [1.82, 2.24) is 42.4 Å². The van der Waals surface area contributed by atoms with Gasteiger partial charge in [0.2, 0.25) is 11.9 Å². The molecular weight excluding hydrogens is 1300 g/mol. The van der Waals surface area contributed by atoms with E-state index < -0.39 is 0 Å². The lowest BCUT2D eigenvalue weighted by molar-refractivity contribution is 0.974. The third-order valence-electron chi connectivity index (χ3n) is 23.9. The molecule has 17 aromatic carbocycles. The standard InChI is InChI=1S/C98H53N9/c1-4-24-60-54(21-1)43-47-85-87(60)75-52-73-65-27-9-17-37-81(65)106(92(73)89-69-31-11-19-39-83(69)103(85)94(75)89)97-99-77-33-13-5-29-67(77)91(101-97)72-51-57-22-2-3-23-59(57)71-50-56(42-46-62(71)72)55-41-45-61-58(49-55)44-48-86-88(61)76-53-74-66-28-10-18-38-82(66)107(93(74)90-70-32-12-20-40-84(70)104(86)95(76)90)98-100-78-34-14-6-30-68(78)96(102-98)105-79-35-15-7-25-63(79)64-26-8-16-36-80(64)105/h1-53H. The van der Waals surface area contributed by atoms with Gasteiger partial charge in [0.15, 0.2) is 5.82 Å². The van der Waals surface area contributed by atoms with Crippen molar-refractivity contribution < 1.29 is 0 Å². The van der Waals surface area contributed by atoms with E-state index in [-0.39, 0.29) is 0 Å². The Morgan fingerprint density at radius 2 is 0.607 bits per heavy atom. The van der Waals surface area contributed by atoms with Gasteiger partial charge in [0.1, 0.15) is 0 Å². The minimum absolute atomic E-state index is 0.624. The summed E-state index contributed by atoms with van der Waals surface area (Å²) in [5, 5.41) is 28.2. The highest BCUT2D eigenvalue weighted by Gasteiger charge is 2.30. The van der Waals surface area contributed by atoms with Crippen molar-refractivity contribution in [3.05, 3.63) is 322 Å². The molecule has 0 aliphatic heterocycles. The normalized spacial score (nSPS) is 12.7. The monoisotopic (exact) mass is 1360 g/mol. The molecule has 0 N–H and O–H groups in total. The molecule has 0 saturated heterocycles. The van der Waals surface area contributed by atoms with E-state index in [0.29, 0.717) is 11.9 Å². The number of rotatable bonds is 5. The lowest BCUT2D eigenvalue weighted by Crippen LogP contribution is -2.07. The van der Waals surface area contributed by atoms with Gasteiger partial charge in [-0.1, -0.05) is 224 Å². The lowest BCUT2D eigenvalue weighted by Gasteiger charge is -2.16. The smallest absolute Gasteiger partial charge is 0.237 e. The molecule has 0 fully saturated rings. The Labute approximate surface area is 606 Å². The van der Waals surface area contributed by atoms with Crippen LogP contribution in [-0.4, -0.2) is 42.4 Å². The summed E-state index contributed by atoms with van der Waals surface area (Å²) in [6, 6.07) is 118. The third-order valence-corrected chi connectivity index (χ3v) is 23.9. The summed E-state index contributed by atoms with van der Waals surface area (Å²) < 4.78 is 12.1. The third kappa shape index (κ3) is 7.17. The summed E-state index contributed by atoms with van der Waals surface area (Å²) in [6.07, 6.45) is 0. The first kappa shape index (κ1) is 56.1. The molecule has 107 heavy (non-hydrogen) atoms. The molecule has 0 aliphatic carbocycles. The second kappa shape index (κ2) is 20.2. The molecule has 26 rings (SSSR count). The minimum atomic E-state index is 0.624. The second-order valence-electron chi connectivity index (χ2n) is 29.1. The van der Waals surface area contributed by atoms with E-state index >= 15 is 0 Å². The van der Waals surface area contributed by atoms with Gasteiger partial charge >= 0.3 is 0 Å². The van der Waals surface area contributed by atoms with Crippen molar-refractivity contribution in [2.75, 3.05) is 0 Å². The molecule has 0 saturated carbocycles. The SMILES string of the molecule is c1ccc2c(c1)cc(-c1nc(-n3c4ccccc4c4cc5c6c7ccccc7ccc6n6c7ccccc7c(c43)c56)nc3ccccc13)c1ccc(-c3ccc4c(ccc5c4c4cc6c7ccccc7n(-c7nc(-n8c9ccccc9c9ccccc98)c8ccccc8n7)c6c6c7ccccc7n5c46)c3)cc12. The first-order valence-electron chi connectivity index (χ1n) is 36.7. The molecule has 9 heteroatoms. The van der Waals surface area contributed by atoms with E-state index in [1.807, 2.05) is 0 Å². The van der Waals surface area contributed by atoms with Crippen LogP contribution in [0.5, 0.6) is 0 Å². The van der Waals surface area contributed by atoms with Crippen LogP contribution in [0.3, 0.4) is 0 Å². The van der Waals surface area contributed by atoms with E-state index in [9.17, 15) is 0 Å². The van der Waals surface area contributed by atoms with Crippen LogP contribution in [-0.2, 0) is 0 Å². The second-order valence-corrected chi connectivity index (χ2v) is 29.1. The van der Waals surface area contributed by atoms with Crippen LogP contribution < -0.4 is 0 Å². The maximum Gasteiger partial charge on any atom is 0.237 e. The predicted molar refractivity (Wildman–Crippen MR) is 446 cm³/mol. The van der Waals surface area contributed by atoms with Crippen LogP contribution >= 0.6 is 0 Å². The molecule has 0 aliphatic rings. The van der Waals surface area contributed by atoms with E-state index in [1.165, 1.54) is 114 Å². The molecular formula is C98H53N9.